The zero-order valence-corrected chi connectivity index (χ0v) is 16.6. The van der Waals surface area contributed by atoms with E-state index in [4.69, 9.17) is 5.73 Å². The largest absolute Gasteiger partial charge is 0.337 e. The number of benzene rings is 1. The first-order valence-electron chi connectivity index (χ1n) is 9.28. The molecular weight excluding hydrogens is 367 g/mol. The first-order chi connectivity index (χ1) is 12.4. The van der Waals surface area contributed by atoms with Gasteiger partial charge >= 0.3 is 0 Å². The van der Waals surface area contributed by atoms with Crippen LogP contribution in [0.1, 0.15) is 47.1 Å². The first kappa shape index (κ1) is 19.8. The summed E-state index contributed by atoms with van der Waals surface area (Å²) in [5, 5.41) is 4.56. The molecule has 1 aromatic heterocycles. The van der Waals surface area contributed by atoms with Crippen molar-refractivity contribution in [1.82, 2.24) is 14.7 Å². The van der Waals surface area contributed by atoms with Crippen LogP contribution >= 0.6 is 12.4 Å². The molecule has 0 bridgehead atoms. The Morgan fingerprint density at radius 1 is 1.37 bits per heavy atom. The number of hydrogen-bond donors (Lipinski definition) is 1. The smallest absolute Gasteiger partial charge is 0.274 e. The molecule has 1 aromatic carbocycles. The van der Waals surface area contributed by atoms with E-state index in [1.165, 1.54) is 6.07 Å². The van der Waals surface area contributed by atoms with Crippen LogP contribution in [0, 0.1) is 18.2 Å². The summed E-state index contributed by atoms with van der Waals surface area (Å²) >= 11 is 0. The maximum atomic E-state index is 14.5. The molecule has 1 fully saturated rings. The third-order valence-electron chi connectivity index (χ3n) is 5.80. The van der Waals surface area contributed by atoms with Gasteiger partial charge in [0, 0.05) is 24.3 Å². The SMILES string of the molecule is Cc1ccc(-n2nc(C(=O)N3CCC(C)(CN)C3)c3c2CCC3)c(F)c1.Cl. The maximum absolute atomic E-state index is 14.5. The first-order valence-corrected chi connectivity index (χ1v) is 9.28. The second-order valence-electron chi connectivity index (χ2n) is 7.99. The number of rotatable bonds is 3. The number of halogens is 2. The van der Waals surface area contributed by atoms with Crippen LogP contribution in [0.15, 0.2) is 18.2 Å². The average molecular weight is 393 g/mol. The summed E-state index contributed by atoms with van der Waals surface area (Å²) in [7, 11) is 0. The van der Waals surface area contributed by atoms with Crippen LogP contribution in [0.4, 0.5) is 4.39 Å². The highest BCUT2D eigenvalue weighted by molar-refractivity contribution is 5.94. The van der Waals surface area contributed by atoms with Gasteiger partial charge in [-0.15, -0.1) is 12.4 Å². The predicted octanol–water partition coefficient (Wildman–Crippen LogP) is 3.04. The molecule has 1 aliphatic carbocycles. The molecule has 0 saturated carbocycles. The van der Waals surface area contributed by atoms with E-state index in [-0.39, 0.29) is 29.5 Å². The predicted molar refractivity (Wildman–Crippen MR) is 105 cm³/mol. The average Bonchev–Trinajstić information content (AvgIpc) is 3.30. The van der Waals surface area contributed by atoms with Crippen LogP contribution in [-0.2, 0) is 12.8 Å². The lowest BCUT2D eigenvalue weighted by Gasteiger charge is -2.22. The van der Waals surface area contributed by atoms with Gasteiger partial charge < -0.3 is 10.6 Å². The van der Waals surface area contributed by atoms with Gasteiger partial charge in [-0.3, -0.25) is 4.79 Å². The molecule has 2 aliphatic rings. The van der Waals surface area contributed by atoms with E-state index in [1.807, 2.05) is 17.9 Å². The molecule has 4 rings (SSSR count). The lowest BCUT2D eigenvalue weighted by molar-refractivity contribution is 0.0769. The summed E-state index contributed by atoms with van der Waals surface area (Å²) in [5.41, 5.74) is 9.57. The van der Waals surface area contributed by atoms with Crippen molar-refractivity contribution in [1.29, 1.82) is 0 Å². The molecule has 1 atom stereocenters. The molecule has 2 heterocycles. The van der Waals surface area contributed by atoms with Crippen molar-refractivity contribution >= 4 is 18.3 Å². The number of amides is 1. The molecule has 27 heavy (non-hydrogen) atoms. The van der Waals surface area contributed by atoms with Crippen LogP contribution in [0.5, 0.6) is 0 Å². The number of carbonyl (C=O) groups excluding carboxylic acids is 1. The molecule has 146 valence electrons. The minimum atomic E-state index is -0.307. The number of aromatic nitrogens is 2. The summed E-state index contributed by atoms with van der Waals surface area (Å²) in [6.07, 6.45) is 3.53. The molecule has 7 heteroatoms. The van der Waals surface area contributed by atoms with Crippen LogP contribution in [-0.4, -0.2) is 40.2 Å². The number of nitrogens with two attached hydrogens (primary N) is 1. The van der Waals surface area contributed by atoms with Crippen molar-refractivity contribution in [2.45, 2.75) is 39.5 Å². The second-order valence-corrected chi connectivity index (χ2v) is 7.99. The number of carbonyl (C=O) groups is 1. The van der Waals surface area contributed by atoms with Gasteiger partial charge in [-0.1, -0.05) is 13.0 Å². The minimum absolute atomic E-state index is 0. The zero-order valence-electron chi connectivity index (χ0n) is 15.8. The molecule has 1 amide bonds. The monoisotopic (exact) mass is 392 g/mol. The molecule has 1 aliphatic heterocycles. The van der Waals surface area contributed by atoms with Crippen LogP contribution in [0.3, 0.4) is 0 Å². The third kappa shape index (κ3) is 3.36. The molecule has 2 aromatic rings. The summed E-state index contributed by atoms with van der Waals surface area (Å²) in [6, 6.07) is 5.12. The third-order valence-corrected chi connectivity index (χ3v) is 5.80. The maximum Gasteiger partial charge on any atom is 0.274 e. The van der Waals surface area contributed by atoms with Crippen LogP contribution < -0.4 is 5.73 Å². The Balaban J connectivity index is 0.00000210. The van der Waals surface area contributed by atoms with Crippen molar-refractivity contribution in [3.8, 4) is 5.69 Å². The Morgan fingerprint density at radius 2 is 2.15 bits per heavy atom. The lowest BCUT2D eigenvalue weighted by atomic mass is 9.90. The van der Waals surface area contributed by atoms with Gasteiger partial charge in [-0.05, 0) is 62.3 Å². The van der Waals surface area contributed by atoms with Crippen molar-refractivity contribution < 1.29 is 9.18 Å². The Labute approximate surface area is 165 Å². The Kier molecular flexibility index (Phi) is 5.32. The normalized spacial score (nSPS) is 21.3. The highest BCUT2D eigenvalue weighted by Crippen LogP contribution is 2.33. The van der Waals surface area contributed by atoms with E-state index < -0.39 is 0 Å². The van der Waals surface area contributed by atoms with E-state index in [2.05, 4.69) is 12.0 Å². The zero-order chi connectivity index (χ0) is 18.5. The van der Waals surface area contributed by atoms with Crippen molar-refractivity contribution in [3.05, 3.63) is 46.5 Å². The standard InChI is InChI=1S/C20H25FN4O.ClH/c1-13-6-7-17(15(21)10-13)25-16-5-3-4-14(16)18(23-25)19(26)24-9-8-20(2,11-22)12-24;/h6-7,10H,3-5,8-9,11-12,22H2,1-2H3;1H. The van der Waals surface area contributed by atoms with Gasteiger partial charge in [0.2, 0.25) is 0 Å². The fourth-order valence-corrected chi connectivity index (χ4v) is 4.11. The van der Waals surface area contributed by atoms with E-state index >= 15 is 0 Å². The summed E-state index contributed by atoms with van der Waals surface area (Å²) in [4.78, 5) is 15.0. The van der Waals surface area contributed by atoms with Gasteiger partial charge in [-0.25, -0.2) is 9.07 Å². The Morgan fingerprint density at radius 3 is 2.81 bits per heavy atom. The number of fused-ring (bicyclic) bond motifs is 1. The highest BCUT2D eigenvalue weighted by Gasteiger charge is 2.38. The van der Waals surface area contributed by atoms with Gasteiger partial charge in [0.1, 0.15) is 11.5 Å². The lowest BCUT2D eigenvalue weighted by Crippen LogP contribution is -2.35. The highest BCUT2D eigenvalue weighted by atomic mass is 35.5. The van der Waals surface area contributed by atoms with Crippen molar-refractivity contribution in [2.24, 2.45) is 11.1 Å². The van der Waals surface area contributed by atoms with E-state index in [1.54, 1.807) is 10.7 Å². The van der Waals surface area contributed by atoms with Crippen molar-refractivity contribution in [3.63, 3.8) is 0 Å². The van der Waals surface area contributed by atoms with Crippen LogP contribution in [0.2, 0.25) is 0 Å². The Hall–Kier alpha value is -1.92. The summed E-state index contributed by atoms with van der Waals surface area (Å²) in [5.74, 6) is -0.357. The van der Waals surface area contributed by atoms with E-state index in [0.717, 1.165) is 42.5 Å². The van der Waals surface area contributed by atoms with E-state index in [9.17, 15) is 9.18 Å². The second kappa shape index (κ2) is 7.24. The van der Waals surface area contributed by atoms with E-state index in [0.29, 0.717) is 31.0 Å². The van der Waals surface area contributed by atoms with Gasteiger partial charge in [0.05, 0.1) is 0 Å². The molecule has 0 radical (unpaired) electrons. The molecule has 0 spiro atoms. The number of aryl methyl sites for hydroxylation is 1. The minimum Gasteiger partial charge on any atom is -0.337 e. The number of hydrogen-bond acceptors (Lipinski definition) is 3. The van der Waals surface area contributed by atoms with Crippen molar-refractivity contribution in [2.75, 3.05) is 19.6 Å². The van der Waals surface area contributed by atoms with Gasteiger partial charge in [0.15, 0.2) is 5.69 Å². The molecule has 5 nitrogen and oxygen atoms in total. The summed E-state index contributed by atoms with van der Waals surface area (Å²) in [6.45, 7) is 5.90. The van der Waals surface area contributed by atoms with Gasteiger partial charge in [-0.2, -0.15) is 5.10 Å². The number of nitrogens with zero attached hydrogens (tertiary/aromatic N) is 3. The molecular formula is C20H26ClFN4O. The fourth-order valence-electron chi connectivity index (χ4n) is 4.11. The topological polar surface area (TPSA) is 64.2 Å². The molecule has 2 N–H and O–H groups in total. The quantitative estimate of drug-likeness (QED) is 0.873. The Bertz CT molecular complexity index is 881. The summed E-state index contributed by atoms with van der Waals surface area (Å²) < 4.78 is 16.1. The van der Waals surface area contributed by atoms with Gasteiger partial charge in [0.25, 0.3) is 5.91 Å². The fraction of sp³-hybridized carbons (Fsp3) is 0.500. The molecule has 1 saturated heterocycles. The number of likely N-dealkylation sites (tertiary alicyclic amines) is 1. The van der Waals surface area contributed by atoms with Crippen LogP contribution in [0.25, 0.3) is 5.69 Å². The molecule has 1 unspecified atom stereocenters.